The van der Waals surface area contributed by atoms with Gasteiger partial charge in [-0.15, -0.1) is 0 Å². The molecule has 11 heteroatoms. The van der Waals surface area contributed by atoms with Gasteiger partial charge in [0.15, 0.2) is 27.3 Å². The van der Waals surface area contributed by atoms with E-state index in [9.17, 15) is 4.79 Å². The zero-order valence-corrected chi connectivity index (χ0v) is 17.3. The van der Waals surface area contributed by atoms with Crippen LogP contribution in [0.5, 0.6) is 0 Å². The van der Waals surface area contributed by atoms with Crippen molar-refractivity contribution in [1.82, 2.24) is 24.8 Å². The molecule has 0 unspecified atom stereocenters. The molecule has 3 N–H and O–H groups in total. The fraction of sp³-hybridized carbons (Fsp3) is 0.625. The van der Waals surface area contributed by atoms with Gasteiger partial charge in [0, 0.05) is 35.6 Å². The largest absolute Gasteiger partial charge is 0.382 e. The molecule has 2 aromatic rings. The van der Waals surface area contributed by atoms with E-state index in [1.54, 1.807) is 17.8 Å². The number of rotatable bonds is 4. The van der Waals surface area contributed by atoms with Crippen molar-refractivity contribution < 1.29 is 19.0 Å². The van der Waals surface area contributed by atoms with Gasteiger partial charge in [0.2, 0.25) is 5.91 Å². The number of carbonyl (C=O) groups excluding carboxylic acids is 1. The Bertz CT molecular complexity index is 887. The molecular formula is C16H21IN6O4. The molecule has 2 aliphatic rings. The Morgan fingerprint density at radius 2 is 2.11 bits per heavy atom. The third-order valence-electron chi connectivity index (χ3n) is 4.64. The Labute approximate surface area is 169 Å². The fourth-order valence-corrected chi connectivity index (χ4v) is 3.97. The zero-order chi connectivity index (χ0) is 19.3. The predicted octanol–water partition coefficient (Wildman–Crippen LogP) is 0.957. The molecule has 2 fully saturated rings. The molecule has 0 bridgehead atoms. The molecular weight excluding hydrogens is 467 g/mol. The number of nitrogens with two attached hydrogens (primary N) is 1. The van der Waals surface area contributed by atoms with E-state index in [1.165, 1.54) is 0 Å². The first-order chi connectivity index (χ1) is 12.8. The number of halogens is 1. The van der Waals surface area contributed by atoms with E-state index in [4.69, 9.17) is 19.9 Å². The lowest BCUT2D eigenvalue weighted by atomic mass is 10.1. The number of amides is 1. The molecule has 0 spiro atoms. The molecule has 10 nitrogen and oxygen atoms in total. The summed E-state index contributed by atoms with van der Waals surface area (Å²) in [4.78, 5) is 24.6. The van der Waals surface area contributed by atoms with Crippen LogP contribution in [0.4, 0.5) is 5.82 Å². The minimum absolute atomic E-state index is 0.0417. The van der Waals surface area contributed by atoms with E-state index < -0.39 is 12.0 Å². The lowest BCUT2D eigenvalue weighted by Crippen LogP contribution is -2.39. The Hall–Kier alpha value is -1.57. The molecule has 27 heavy (non-hydrogen) atoms. The molecule has 2 aliphatic heterocycles. The molecule has 0 radical (unpaired) electrons. The third-order valence-corrected chi connectivity index (χ3v) is 5.12. The predicted molar refractivity (Wildman–Crippen MR) is 103 cm³/mol. The number of imidazole rings is 1. The van der Waals surface area contributed by atoms with Gasteiger partial charge in [-0.25, -0.2) is 15.0 Å². The number of nitrogens with one attached hydrogen (secondary N) is 1. The van der Waals surface area contributed by atoms with E-state index >= 15 is 0 Å². The number of ether oxygens (including phenoxy) is 3. The highest BCUT2D eigenvalue weighted by molar-refractivity contribution is 14.1. The van der Waals surface area contributed by atoms with Crippen LogP contribution in [-0.2, 0) is 19.0 Å². The lowest BCUT2D eigenvalue weighted by Gasteiger charge is -2.24. The minimum Gasteiger partial charge on any atom is -0.382 e. The quantitative estimate of drug-likeness (QED) is 0.482. The van der Waals surface area contributed by atoms with Crippen LogP contribution in [0.3, 0.4) is 0 Å². The van der Waals surface area contributed by atoms with Gasteiger partial charge in [-0.05, 0) is 13.8 Å². The van der Waals surface area contributed by atoms with Crippen molar-refractivity contribution in [2.24, 2.45) is 0 Å². The number of nitrogens with zero attached hydrogens (tertiary/aromatic N) is 4. The molecule has 0 saturated carbocycles. The lowest BCUT2D eigenvalue weighted by molar-refractivity contribution is -0.195. The molecule has 2 saturated heterocycles. The smallest absolute Gasteiger partial charge is 0.219 e. The average molecular weight is 488 g/mol. The highest BCUT2D eigenvalue weighted by Crippen LogP contribution is 2.43. The van der Waals surface area contributed by atoms with Crippen molar-refractivity contribution in [3.8, 4) is 0 Å². The van der Waals surface area contributed by atoms with Crippen LogP contribution in [0.25, 0.3) is 11.2 Å². The fourth-order valence-electron chi connectivity index (χ4n) is 3.48. The Balaban J connectivity index is 1.67. The first-order valence-electron chi connectivity index (χ1n) is 8.72. The van der Waals surface area contributed by atoms with Crippen LogP contribution in [0.15, 0.2) is 6.33 Å². The Morgan fingerprint density at radius 3 is 2.85 bits per heavy atom. The summed E-state index contributed by atoms with van der Waals surface area (Å²) in [7, 11) is 0. The summed E-state index contributed by atoms with van der Waals surface area (Å²) in [6.07, 6.45) is 0.485. The first-order valence-corrected chi connectivity index (χ1v) is 9.80. The third kappa shape index (κ3) is 3.37. The maximum absolute atomic E-state index is 11.7. The van der Waals surface area contributed by atoms with Gasteiger partial charge in [0.25, 0.3) is 0 Å². The van der Waals surface area contributed by atoms with E-state index in [-0.39, 0.29) is 24.2 Å². The standard InChI is InChI=1S/C16H21IN6O4/c1-4-8(24)19-5-7-10-11(27-16(2,3)26-10)14(25-7)23-6-20-9-12(18)21-15(17)22-13(9)23/h6-7,10-11,14H,4-5H2,1-3H3,(H,19,24)(H2,18,21,22)/t7-,10-,11-,14-/m1/s1. The maximum atomic E-state index is 11.7. The zero-order valence-electron chi connectivity index (χ0n) is 15.2. The first kappa shape index (κ1) is 18.8. The maximum Gasteiger partial charge on any atom is 0.219 e. The van der Waals surface area contributed by atoms with Gasteiger partial charge in [-0.3, -0.25) is 9.36 Å². The number of anilines is 1. The van der Waals surface area contributed by atoms with Gasteiger partial charge in [-0.2, -0.15) is 0 Å². The van der Waals surface area contributed by atoms with Crippen molar-refractivity contribution >= 4 is 45.5 Å². The summed E-state index contributed by atoms with van der Waals surface area (Å²) < 4.78 is 20.7. The second kappa shape index (κ2) is 6.79. The Morgan fingerprint density at radius 1 is 1.37 bits per heavy atom. The highest BCUT2D eigenvalue weighted by atomic mass is 127. The van der Waals surface area contributed by atoms with Crippen molar-refractivity contribution in [2.75, 3.05) is 12.3 Å². The van der Waals surface area contributed by atoms with Gasteiger partial charge >= 0.3 is 0 Å². The monoisotopic (exact) mass is 488 g/mol. The summed E-state index contributed by atoms with van der Waals surface area (Å²) in [6.45, 7) is 5.86. The number of hydrogen-bond acceptors (Lipinski definition) is 8. The SMILES string of the molecule is CCC(=O)NC[C@H]1O[C@@H](n2cnc3c(N)nc(I)nc32)[C@@H]2OC(C)(C)O[C@@H]21. The molecule has 4 rings (SSSR count). The van der Waals surface area contributed by atoms with Gasteiger partial charge in [0.05, 0.1) is 6.33 Å². The Kier molecular flexibility index (Phi) is 4.72. The number of aromatic nitrogens is 4. The van der Waals surface area contributed by atoms with Crippen LogP contribution in [0.1, 0.15) is 33.4 Å². The van der Waals surface area contributed by atoms with E-state index in [2.05, 4.69) is 20.3 Å². The number of fused-ring (bicyclic) bond motifs is 2. The van der Waals surface area contributed by atoms with Crippen molar-refractivity contribution in [1.29, 1.82) is 0 Å². The van der Waals surface area contributed by atoms with E-state index in [0.29, 0.717) is 33.8 Å². The number of carbonyl (C=O) groups is 1. The second-order valence-electron chi connectivity index (χ2n) is 6.99. The molecule has 0 aliphatic carbocycles. The molecule has 4 heterocycles. The average Bonchev–Trinajstić information content (AvgIpc) is 3.23. The summed E-state index contributed by atoms with van der Waals surface area (Å²) in [5.74, 6) is -0.475. The van der Waals surface area contributed by atoms with Gasteiger partial charge < -0.3 is 25.3 Å². The summed E-state index contributed by atoms with van der Waals surface area (Å²) in [6, 6.07) is 0. The van der Waals surface area contributed by atoms with E-state index in [1.807, 2.05) is 36.4 Å². The van der Waals surface area contributed by atoms with Crippen LogP contribution in [0, 0.1) is 3.83 Å². The molecule has 146 valence electrons. The van der Waals surface area contributed by atoms with Gasteiger partial charge in [0.1, 0.15) is 23.8 Å². The topological polar surface area (TPSA) is 126 Å². The van der Waals surface area contributed by atoms with Crippen LogP contribution in [0.2, 0.25) is 0 Å². The summed E-state index contributed by atoms with van der Waals surface area (Å²) in [5, 5.41) is 2.86. The van der Waals surface area contributed by atoms with Crippen LogP contribution < -0.4 is 11.1 Å². The molecule has 2 aromatic heterocycles. The number of nitrogen functional groups attached to an aromatic ring is 1. The normalized spacial score (nSPS) is 29.2. The summed E-state index contributed by atoms with van der Waals surface area (Å²) in [5.41, 5.74) is 7.05. The van der Waals surface area contributed by atoms with Crippen LogP contribution >= 0.6 is 22.6 Å². The minimum atomic E-state index is -0.747. The van der Waals surface area contributed by atoms with E-state index in [0.717, 1.165) is 0 Å². The summed E-state index contributed by atoms with van der Waals surface area (Å²) >= 11 is 2.01. The van der Waals surface area contributed by atoms with Crippen LogP contribution in [-0.4, -0.2) is 56.1 Å². The second-order valence-corrected chi connectivity index (χ2v) is 7.95. The highest BCUT2D eigenvalue weighted by Gasteiger charge is 2.56. The molecule has 4 atom stereocenters. The van der Waals surface area contributed by atoms with Crippen molar-refractivity contribution in [3.63, 3.8) is 0 Å². The van der Waals surface area contributed by atoms with Crippen molar-refractivity contribution in [3.05, 3.63) is 10.2 Å². The van der Waals surface area contributed by atoms with Gasteiger partial charge in [-0.1, -0.05) is 6.92 Å². The molecule has 1 amide bonds. The number of hydrogen-bond donors (Lipinski definition) is 2. The van der Waals surface area contributed by atoms with Crippen molar-refractivity contribution in [2.45, 2.75) is 57.5 Å². The molecule has 0 aromatic carbocycles.